The Labute approximate surface area is 253 Å². The molecule has 1 fully saturated rings. The number of amides is 2. The molecule has 0 unspecified atom stereocenters. The number of aromatic nitrogens is 4. The van der Waals surface area contributed by atoms with Gasteiger partial charge in [0.2, 0.25) is 5.91 Å². The van der Waals surface area contributed by atoms with Gasteiger partial charge in [0.1, 0.15) is 0 Å². The van der Waals surface area contributed by atoms with Crippen molar-refractivity contribution in [3.63, 3.8) is 0 Å². The number of hydrogen-bond donors (Lipinski definition) is 0. The van der Waals surface area contributed by atoms with Gasteiger partial charge >= 0.3 is 6.18 Å². The van der Waals surface area contributed by atoms with Crippen LogP contribution in [0.1, 0.15) is 71.0 Å². The Morgan fingerprint density at radius 3 is 2.41 bits per heavy atom. The van der Waals surface area contributed by atoms with Crippen molar-refractivity contribution < 1.29 is 22.8 Å². The molecule has 2 amide bonds. The molecular weight excluding hydrogens is 569 g/mol. The lowest BCUT2D eigenvalue weighted by molar-refractivity contribution is -0.148. The molecule has 1 saturated heterocycles. The van der Waals surface area contributed by atoms with E-state index in [4.69, 9.17) is 4.98 Å². The fraction of sp³-hybridized carbons (Fsp3) is 0.364. The van der Waals surface area contributed by atoms with E-state index < -0.39 is 24.9 Å². The van der Waals surface area contributed by atoms with Crippen LogP contribution >= 0.6 is 0 Å². The molecule has 0 N–H and O–H groups in total. The number of benzene rings is 1. The molecule has 5 heterocycles. The van der Waals surface area contributed by atoms with Crippen molar-refractivity contribution in [1.29, 1.82) is 0 Å². The monoisotopic (exact) mass is 602 g/mol. The van der Waals surface area contributed by atoms with Gasteiger partial charge in [-0.05, 0) is 66.8 Å². The van der Waals surface area contributed by atoms with Crippen LogP contribution < -0.4 is 0 Å². The smallest absolute Gasteiger partial charge is 0.339 e. The van der Waals surface area contributed by atoms with Gasteiger partial charge in [-0.25, -0.2) is 9.50 Å². The maximum atomic E-state index is 13.2. The van der Waals surface area contributed by atoms with E-state index in [2.05, 4.69) is 16.1 Å². The Hall–Kier alpha value is -4.54. The standard InChI is InChI=1S/C33H33F3N6O2/c34-33(35,36)15-10-30(43)40-18-11-24(12-19-40)27-4-3-17-42-31(27)38-29(39-42)22-23-6-8-26(9-7-23)32(44)41-20-13-25(14-21-41)28-5-1-2-16-37-28/h1-9,11,16-17,25H,10,12-15,18-22H2. The Morgan fingerprint density at radius 2 is 1.73 bits per heavy atom. The van der Waals surface area contributed by atoms with Gasteiger partial charge in [-0.2, -0.15) is 18.3 Å². The molecule has 0 atom stereocenters. The van der Waals surface area contributed by atoms with Gasteiger partial charge in [-0.3, -0.25) is 14.6 Å². The Balaban J connectivity index is 1.07. The van der Waals surface area contributed by atoms with Crippen LogP contribution in [0.5, 0.6) is 0 Å². The van der Waals surface area contributed by atoms with Crippen molar-refractivity contribution in [2.24, 2.45) is 0 Å². The van der Waals surface area contributed by atoms with Crippen molar-refractivity contribution in [3.8, 4) is 0 Å². The number of hydrogen-bond acceptors (Lipinski definition) is 5. The zero-order valence-corrected chi connectivity index (χ0v) is 24.2. The molecule has 1 aromatic carbocycles. The lowest BCUT2D eigenvalue weighted by atomic mass is 9.92. The summed E-state index contributed by atoms with van der Waals surface area (Å²) in [5.74, 6) is 0.561. The lowest BCUT2D eigenvalue weighted by Gasteiger charge is -2.31. The molecule has 0 bridgehead atoms. The normalized spacial score (nSPS) is 16.3. The van der Waals surface area contributed by atoms with Gasteiger partial charge < -0.3 is 9.80 Å². The molecule has 4 aromatic rings. The quantitative estimate of drug-likeness (QED) is 0.271. The molecular formula is C33H33F3N6O2. The van der Waals surface area contributed by atoms with Crippen molar-refractivity contribution in [1.82, 2.24) is 29.4 Å². The summed E-state index contributed by atoms with van der Waals surface area (Å²) in [6.07, 6.45) is 2.36. The van der Waals surface area contributed by atoms with Crippen molar-refractivity contribution >= 4 is 23.0 Å². The van der Waals surface area contributed by atoms with Crippen LogP contribution in [-0.4, -0.2) is 73.6 Å². The number of carbonyl (C=O) groups is 2. The molecule has 2 aliphatic heterocycles. The summed E-state index contributed by atoms with van der Waals surface area (Å²) in [7, 11) is 0. The van der Waals surface area contributed by atoms with Gasteiger partial charge in [0.05, 0.1) is 6.42 Å². The first-order valence-corrected chi connectivity index (χ1v) is 14.9. The van der Waals surface area contributed by atoms with Crippen LogP contribution in [0, 0.1) is 0 Å². The van der Waals surface area contributed by atoms with E-state index in [9.17, 15) is 22.8 Å². The number of likely N-dealkylation sites (tertiary alicyclic amines) is 1. The summed E-state index contributed by atoms with van der Waals surface area (Å²) in [5, 5.41) is 4.64. The summed E-state index contributed by atoms with van der Waals surface area (Å²) >= 11 is 0. The fourth-order valence-corrected chi connectivity index (χ4v) is 5.95. The van der Waals surface area contributed by atoms with Crippen molar-refractivity contribution in [2.75, 3.05) is 26.2 Å². The molecule has 6 rings (SSSR count). The van der Waals surface area contributed by atoms with E-state index in [0.717, 1.165) is 35.2 Å². The highest BCUT2D eigenvalue weighted by Crippen LogP contribution is 2.29. The summed E-state index contributed by atoms with van der Waals surface area (Å²) in [6.45, 7) is 2.04. The second kappa shape index (κ2) is 12.6. The first kappa shape index (κ1) is 29.5. The maximum absolute atomic E-state index is 13.2. The predicted octanol–water partition coefficient (Wildman–Crippen LogP) is 5.69. The summed E-state index contributed by atoms with van der Waals surface area (Å²) in [6, 6.07) is 17.4. The van der Waals surface area contributed by atoms with Crippen LogP contribution in [0.2, 0.25) is 0 Å². The second-order valence-corrected chi connectivity index (χ2v) is 11.3. The second-order valence-electron chi connectivity index (χ2n) is 11.3. The van der Waals surface area contributed by atoms with Crippen LogP contribution in [0.3, 0.4) is 0 Å². The number of fused-ring (bicyclic) bond motifs is 1. The molecule has 3 aromatic heterocycles. The molecule has 0 radical (unpaired) electrons. The lowest BCUT2D eigenvalue weighted by Crippen LogP contribution is -2.38. The van der Waals surface area contributed by atoms with Gasteiger partial charge in [0.15, 0.2) is 11.5 Å². The van der Waals surface area contributed by atoms with Gasteiger partial charge in [0.25, 0.3) is 5.91 Å². The minimum absolute atomic E-state index is 0.0351. The molecule has 11 heteroatoms. The van der Waals surface area contributed by atoms with E-state index in [1.807, 2.05) is 71.9 Å². The number of carbonyl (C=O) groups excluding carboxylic acids is 2. The topological polar surface area (TPSA) is 83.7 Å². The highest BCUT2D eigenvalue weighted by Gasteiger charge is 2.30. The molecule has 2 aliphatic rings. The number of halogens is 3. The summed E-state index contributed by atoms with van der Waals surface area (Å²) in [5.41, 5.74) is 5.30. The summed E-state index contributed by atoms with van der Waals surface area (Å²) < 4.78 is 39.3. The maximum Gasteiger partial charge on any atom is 0.389 e. The Kier molecular flexibility index (Phi) is 8.45. The SMILES string of the molecule is O=C(CCC(F)(F)F)N1CC=C(c2cccn3nc(Cc4ccc(C(=O)N5CCC(c6ccccn6)CC5)cc4)nc23)CC1. The van der Waals surface area contributed by atoms with Crippen molar-refractivity contribution in [3.05, 3.63) is 101 Å². The molecule has 0 aliphatic carbocycles. The van der Waals surface area contributed by atoms with E-state index in [1.165, 1.54) is 4.90 Å². The van der Waals surface area contributed by atoms with E-state index in [-0.39, 0.29) is 12.5 Å². The number of piperidine rings is 1. The van der Waals surface area contributed by atoms with Gasteiger partial charge in [-0.15, -0.1) is 0 Å². The third kappa shape index (κ3) is 6.82. The fourth-order valence-electron chi connectivity index (χ4n) is 5.95. The minimum atomic E-state index is -4.34. The van der Waals surface area contributed by atoms with E-state index >= 15 is 0 Å². The third-order valence-corrected chi connectivity index (χ3v) is 8.39. The number of pyridine rings is 2. The van der Waals surface area contributed by atoms with E-state index in [1.54, 1.807) is 4.52 Å². The number of rotatable bonds is 7. The largest absolute Gasteiger partial charge is 0.389 e. The average Bonchev–Trinajstić information content (AvgIpc) is 3.46. The predicted molar refractivity (Wildman–Crippen MR) is 159 cm³/mol. The first-order chi connectivity index (χ1) is 21.2. The molecule has 8 nitrogen and oxygen atoms in total. The molecule has 0 saturated carbocycles. The van der Waals surface area contributed by atoms with Crippen LogP contribution in [0.25, 0.3) is 11.2 Å². The highest BCUT2D eigenvalue weighted by molar-refractivity contribution is 5.94. The zero-order chi connectivity index (χ0) is 30.7. The molecule has 228 valence electrons. The molecule has 0 spiro atoms. The van der Waals surface area contributed by atoms with Crippen LogP contribution in [0.15, 0.2) is 73.1 Å². The van der Waals surface area contributed by atoms with Crippen LogP contribution in [0.4, 0.5) is 13.2 Å². The molecule has 44 heavy (non-hydrogen) atoms. The van der Waals surface area contributed by atoms with Crippen LogP contribution in [-0.2, 0) is 11.2 Å². The average molecular weight is 603 g/mol. The van der Waals surface area contributed by atoms with Gasteiger partial charge in [0, 0.05) is 74.2 Å². The Morgan fingerprint density at radius 1 is 0.932 bits per heavy atom. The zero-order valence-electron chi connectivity index (χ0n) is 24.2. The third-order valence-electron chi connectivity index (χ3n) is 8.39. The summed E-state index contributed by atoms with van der Waals surface area (Å²) in [4.78, 5) is 38.0. The minimum Gasteiger partial charge on any atom is -0.339 e. The number of alkyl halides is 3. The number of nitrogens with zero attached hydrogens (tertiary/aromatic N) is 6. The Bertz CT molecular complexity index is 1660. The van der Waals surface area contributed by atoms with E-state index in [0.29, 0.717) is 55.4 Å². The van der Waals surface area contributed by atoms with Crippen molar-refractivity contribution in [2.45, 2.75) is 50.6 Å². The first-order valence-electron chi connectivity index (χ1n) is 14.9. The highest BCUT2D eigenvalue weighted by atomic mass is 19.4. The van der Waals surface area contributed by atoms with Gasteiger partial charge in [-0.1, -0.05) is 24.3 Å².